The Morgan fingerprint density at radius 1 is 0.952 bits per heavy atom. The van der Waals surface area contributed by atoms with Crippen LogP contribution in [0, 0.1) is 0 Å². The molecule has 2 aromatic rings. The number of hydrogen-bond acceptors (Lipinski definition) is 4. The van der Waals surface area contributed by atoms with Crippen LogP contribution in [0.3, 0.4) is 0 Å². The fraction of sp³-hybridized carbons (Fsp3) is 0.353. The lowest BCUT2D eigenvalue weighted by molar-refractivity contribution is 0.647. The van der Waals surface area contributed by atoms with E-state index in [9.17, 15) is 0 Å². The Morgan fingerprint density at radius 3 is 2.62 bits per heavy atom. The van der Waals surface area contributed by atoms with Crippen molar-refractivity contribution in [3.8, 4) is 0 Å². The van der Waals surface area contributed by atoms with Crippen LogP contribution in [0.2, 0.25) is 0 Å². The van der Waals surface area contributed by atoms with Crippen LogP contribution in [0.4, 0.5) is 17.2 Å². The van der Waals surface area contributed by atoms with Gasteiger partial charge in [0.05, 0.1) is 0 Å². The van der Waals surface area contributed by atoms with Gasteiger partial charge in [0.15, 0.2) is 0 Å². The molecule has 4 heteroatoms. The molecule has 108 valence electrons. The zero-order valence-electron chi connectivity index (χ0n) is 12.1. The number of piperazine rings is 1. The van der Waals surface area contributed by atoms with E-state index in [4.69, 9.17) is 0 Å². The fourth-order valence-corrected chi connectivity index (χ4v) is 3.22. The molecule has 0 unspecified atom stereocenters. The first-order valence-corrected chi connectivity index (χ1v) is 7.68. The van der Waals surface area contributed by atoms with Gasteiger partial charge in [-0.1, -0.05) is 6.07 Å². The van der Waals surface area contributed by atoms with Gasteiger partial charge >= 0.3 is 0 Å². The maximum Gasteiger partial charge on any atom is 0.128 e. The lowest BCUT2D eigenvalue weighted by atomic mass is 10.1. The zero-order valence-corrected chi connectivity index (χ0v) is 12.1. The number of anilines is 3. The molecule has 0 bridgehead atoms. The second-order valence-electron chi connectivity index (χ2n) is 5.68. The van der Waals surface area contributed by atoms with E-state index in [1.165, 1.54) is 16.9 Å². The first kappa shape index (κ1) is 12.5. The van der Waals surface area contributed by atoms with Crippen molar-refractivity contribution in [2.75, 3.05) is 47.8 Å². The van der Waals surface area contributed by atoms with Crippen molar-refractivity contribution in [1.29, 1.82) is 0 Å². The number of aromatic nitrogens is 1. The van der Waals surface area contributed by atoms with Crippen LogP contribution in [0.5, 0.6) is 0 Å². The van der Waals surface area contributed by atoms with Gasteiger partial charge in [0.25, 0.3) is 0 Å². The largest absolute Gasteiger partial charge is 0.384 e. The molecule has 0 atom stereocenters. The minimum atomic E-state index is 1.03. The van der Waals surface area contributed by atoms with Crippen molar-refractivity contribution < 1.29 is 0 Å². The van der Waals surface area contributed by atoms with E-state index < -0.39 is 0 Å². The second-order valence-corrected chi connectivity index (χ2v) is 5.68. The topological polar surface area (TPSA) is 31.4 Å². The summed E-state index contributed by atoms with van der Waals surface area (Å²) in [7, 11) is 0. The second kappa shape index (κ2) is 5.28. The van der Waals surface area contributed by atoms with Gasteiger partial charge in [0, 0.05) is 50.3 Å². The lowest BCUT2D eigenvalue weighted by Crippen LogP contribution is -2.46. The fourth-order valence-electron chi connectivity index (χ4n) is 3.22. The molecule has 4 rings (SSSR count). The highest BCUT2D eigenvalue weighted by molar-refractivity contribution is 5.63. The van der Waals surface area contributed by atoms with Crippen LogP contribution in [0.25, 0.3) is 0 Å². The number of hydrogen-bond donors (Lipinski definition) is 1. The van der Waals surface area contributed by atoms with E-state index in [2.05, 4.69) is 50.4 Å². The number of pyridine rings is 1. The van der Waals surface area contributed by atoms with Gasteiger partial charge in [0.1, 0.15) is 5.82 Å². The van der Waals surface area contributed by atoms with Gasteiger partial charge in [-0.25, -0.2) is 4.98 Å². The molecule has 3 heterocycles. The normalized spacial score (nSPS) is 17.5. The van der Waals surface area contributed by atoms with Crippen molar-refractivity contribution >= 4 is 17.2 Å². The molecular formula is C17H20N4. The van der Waals surface area contributed by atoms with Crippen LogP contribution in [-0.4, -0.2) is 37.7 Å². The quantitative estimate of drug-likeness (QED) is 0.915. The summed E-state index contributed by atoms with van der Waals surface area (Å²) in [6.45, 7) is 5.26. The van der Waals surface area contributed by atoms with Gasteiger partial charge in [0.2, 0.25) is 0 Å². The highest BCUT2D eigenvalue weighted by Crippen LogP contribution is 2.28. The summed E-state index contributed by atoms with van der Waals surface area (Å²) in [5.41, 5.74) is 4.13. The predicted octanol–water partition coefficient (Wildman–Crippen LogP) is 2.38. The highest BCUT2D eigenvalue weighted by atomic mass is 15.3. The maximum atomic E-state index is 4.45. The minimum Gasteiger partial charge on any atom is -0.384 e. The Labute approximate surface area is 125 Å². The number of fused-ring (bicyclic) bond motifs is 1. The third kappa shape index (κ3) is 2.42. The van der Waals surface area contributed by atoms with Crippen LogP contribution in [0.15, 0.2) is 42.6 Å². The number of rotatable bonds is 2. The summed E-state index contributed by atoms with van der Waals surface area (Å²) in [6, 6.07) is 12.9. The molecule has 1 aromatic carbocycles. The molecule has 0 spiro atoms. The van der Waals surface area contributed by atoms with Gasteiger partial charge in [-0.2, -0.15) is 0 Å². The molecule has 1 saturated heterocycles. The molecule has 1 N–H and O–H groups in total. The van der Waals surface area contributed by atoms with Crippen molar-refractivity contribution in [1.82, 2.24) is 4.98 Å². The van der Waals surface area contributed by atoms with Crippen LogP contribution >= 0.6 is 0 Å². The monoisotopic (exact) mass is 280 g/mol. The molecule has 21 heavy (non-hydrogen) atoms. The average molecular weight is 280 g/mol. The summed E-state index contributed by atoms with van der Waals surface area (Å²) >= 11 is 0. The van der Waals surface area contributed by atoms with E-state index in [-0.39, 0.29) is 0 Å². The predicted molar refractivity (Wildman–Crippen MR) is 87.3 cm³/mol. The van der Waals surface area contributed by atoms with Gasteiger partial charge in [-0.3, -0.25) is 0 Å². The van der Waals surface area contributed by atoms with Crippen molar-refractivity contribution in [3.05, 3.63) is 48.2 Å². The van der Waals surface area contributed by atoms with Gasteiger partial charge < -0.3 is 15.1 Å². The summed E-state index contributed by atoms with van der Waals surface area (Å²) in [6.07, 6.45) is 3.02. The van der Waals surface area contributed by atoms with Crippen molar-refractivity contribution in [3.63, 3.8) is 0 Å². The smallest absolute Gasteiger partial charge is 0.128 e. The molecule has 0 saturated carbocycles. The van der Waals surface area contributed by atoms with E-state index >= 15 is 0 Å². The highest BCUT2D eigenvalue weighted by Gasteiger charge is 2.19. The molecule has 2 aliphatic heterocycles. The van der Waals surface area contributed by atoms with Crippen molar-refractivity contribution in [2.45, 2.75) is 6.42 Å². The Balaban J connectivity index is 1.45. The minimum absolute atomic E-state index is 1.03. The van der Waals surface area contributed by atoms with Crippen LogP contribution < -0.4 is 15.1 Å². The summed E-state index contributed by atoms with van der Waals surface area (Å²) in [5.74, 6) is 1.09. The van der Waals surface area contributed by atoms with Crippen LogP contribution in [0.1, 0.15) is 5.56 Å². The molecule has 0 radical (unpaired) electrons. The number of benzene rings is 1. The lowest BCUT2D eigenvalue weighted by Gasteiger charge is -2.36. The van der Waals surface area contributed by atoms with Gasteiger partial charge in [-0.15, -0.1) is 0 Å². The summed E-state index contributed by atoms with van der Waals surface area (Å²) in [4.78, 5) is 9.30. The van der Waals surface area contributed by atoms with E-state index in [0.29, 0.717) is 0 Å². The number of nitrogens with zero attached hydrogens (tertiary/aromatic N) is 3. The number of nitrogens with one attached hydrogen (secondary N) is 1. The SMILES string of the molecule is c1ccc(N2CCN(c3ccc4c(c3)CCN4)CC2)nc1. The molecule has 1 aromatic heterocycles. The standard InChI is InChI=1S/C17H20N4/c1-2-7-19-17(3-1)21-11-9-20(10-12-21)15-4-5-16-14(13-15)6-8-18-16/h1-5,7,13,18H,6,8-12H2. The third-order valence-electron chi connectivity index (χ3n) is 4.42. The Bertz CT molecular complexity index is 618. The van der Waals surface area contributed by atoms with Crippen LogP contribution in [-0.2, 0) is 6.42 Å². The molecular weight excluding hydrogens is 260 g/mol. The van der Waals surface area contributed by atoms with Crippen molar-refractivity contribution in [2.24, 2.45) is 0 Å². The maximum absolute atomic E-state index is 4.45. The Hall–Kier alpha value is -2.23. The molecule has 1 fully saturated rings. The Morgan fingerprint density at radius 2 is 1.81 bits per heavy atom. The molecule has 0 aliphatic carbocycles. The van der Waals surface area contributed by atoms with E-state index in [1.54, 1.807) is 0 Å². The zero-order chi connectivity index (χ0) is 14.1. The van der Waals surface area contributed by atoms with E-state index in [1.807, 2.05) is 12.3 Å². The van der Waals surface area contributed by atoms with E-state index in [0.717, 1.165) is 45.0 Å². The van der Waals surface area contributed by atoms with Gasteiger partial charge in [-0.05, 0) is 42.3 Å². The first-order valence-electron chi connectivity index (χ1n) is 7.68. The molecule has 4 nitrogen and oxygen atoms in total. The summed E-state index contributed by atoms with van der Waals surface area (Å²) in [5, 5.41) is 3.42. The molecule has 0 amide bonds. The first-order chi connectivity index (χ1) is 10.4. The molecule has 2 aliphatic rings. The average Bonchev–Trinajstić information content (AvgIpc) is 3.03. The Kier molecular flexibility index (Phi) is 3.14. The third-order valence-corrected chi connectivity index (χ3v) is 4.42. The summed E-state index contributed by atoms with van der Waals surface area (Å²) < 4.78 is 0.